The van der Waals surface area contributed by atoms with Crippen LogP contribution >= 0.6 is 0 Å². The number of nitrogens with zero attached hydrogens (tertiary/aromatic N) is 4. The number of nitrogens with one attached hydrogen (secondary N) is 3. The molecule has 11 heteroatoms. The Morgan fingerprint density at radius 2 is 2.08 bits per heavy atom. The van der Waals surface area contributed by atoms with E-state index in [1.807, 2.05) is 4.90 Å². The third kappa shape index (κ3) is 5.40. The molecule has 39 heavy (non-hydrogen) atoms. The van der Waals surface area contributed by atoms with E-state index < -0.39 is 11.6 Å². The summed E-state index contributed by atoms with van der Waals surface area (Å²) < 4.78 is 21.4. The highest BCUT2D eigenvalue weighted by molar-refractivity contribution is 6.04. The number of carbonyl (C=O) groups excluding carboxylic acids is 2. The smallest absolute Gasteiger partial charge is 0.270 e. The molecule has 2 atom stereocenters. The summed E-state index contributed by atoms with van der Waals surface area (Å²) >= 11 is 0. The average molecular weight is 538 g/mol. The molecule has 0 spiro atoms. The predicted octanol–water partition coefficient (Wildman–Crippen LogP) is 3.33. The van der Waals surface area contributed by atoms with Crippen molar-refractivity contribution in [2.24, 2.45) is 0 Å². The minimum absolute atomic E-state index is 0.0626. The lowest BCUT2D eigenvalue weighted by Crippen LogP contribution is -2.49. The number of ether oxygens (including phenoxy) is 1. The Bertz CT molecular complexity index is 1250. The zero-order valence-corrected chi connectivity index (χ0v) is 22.5. The summed E-state index contributed by atoms with van der Waals surface area (Å²) in [7, 11) is 3.06. The molecule has 3 N–H and O–H groups in total. The summed E-state index contributed by atoms with van der Waals surface area (Å²) in [4.78, 5) is 38.2. The van der Waals surface area contributed by atoms with Crippen LogP contribution in [0.15, 0.2) is 37.1 Å². The molecule has 1 aromatic carbocycles. The predicted molar refractivity (Wildman–Crippen MR) is 149 cm³/mol. The van der Waals surface area contributed by atoms with Crippen LogP contribution in [0.25, 0.3) is 0 Å². The highest BCUT2D eigenvalue weighted by atomic mass is 19.1. The van der Waals surface area contributed by atoms with E-state index in [4.69, 9.17) is 9.72 Å². The Balaban J connectivity index is 1.42. The molecule has 1 saturated heterocycles. The fourth-order valence-corrected chi connectivity index (χ4v) is 5.62. The lowest BCUT2D eigenvalue weighted by atomic mass is 10.0. The molecule has 3 heterocycles. The Morgan fingerprint density at radius 3 is 2.77 bits per heavy atom. The maximum atomic E-state index is 15.8. The molecule has 3 aliphatic rings. The number of carbonyl (C=O) groups is 2. The third-order valence-electron chi connectivity index (χ3n) is 7.88. The second-order valence-electron chi connectivity index (χ2n) is 10.5. The van der Waals surface area contributed by atoms with Crippen LogP contribution < -0.4 is 30.5 Å². The lowest BCUT2D eigenvalue weighted by molar-refractivity contribution is -0.126. The first-order chi connectivity index (χ1) is 18.8. The number of piperidine rings is 1. The first kappa shape index (κ1) is 26.9. The number of aromatic nitrogens is 2. The molecular formula is C28H36FN7O3. The van der Waals surface area contributed by atoms with Crippen LogP contribution in [0.4, 0.5) is 27.5 Å². The van der Waals surface area contributed by atoms with Gasteiger partial charge in [-0.2, -0.15) is 4.98 Å². The summed E-state index contributed by atoms with van der Waals surface area (Å²) in [6.07, 6.45) is 8.46. The summed E-state index contributed by atoms with van der Waals surface area (Å²) in [5, 5.41) is 9.55. The van der Waals surface area contributed by atoms with E-state index in [1.54, 1.807) is 18.2 Å². The van der Waals surface area contributed by atoms with Crippen LogP contribution in [0.2, 0.25) is 0 Å². The van der Waals surface area contributed by atoms with Crippen molar-refractivity contribution in [1.29, 1.82) is 0 Å². The minimum Gasteiger partial charge on any atom is -0.495 e. The van der Waals surface area contributed by atoms with Crippen LogP contribution in [0, 0.1) is 0 Å². The van der Waals surface area contributed by atoms with Crippen LogP contribution in [0.3, 0.4) is 0 Å². The number of alkyl halides is 1. The first-order valence-electron chi connectivity index (χ1n) is 13.5. The van der Waals surface area contributed by atoms with E-state index in [-0.39, 0.29) is 30.5 Å². The van der Waals surface area contributed by atoms with Gasteiger partial charge in [0.1, 0.15) is 11.4 Å². The third-order valence-corrected chi connectivity index (χ3v) is 7.88. The standard InChI is InChI=1S/C28H36FN7O3/c1-4-28(29)17-36(20-9-5-6-10-20)24-22(35(2)26(28)38)16-31-27(34-24)33-21-12-11-18(14-23(21)39-3)25(37)32-19-8-7-13-30-15-19/h4,11-12,14,16,19-20,30H,1,5-10,13,15,17H2,2-3H3,(H,32,37)(H,31,33,34). The zero-order valence-electron chi connectivity index (χ0n) is 22.5. The quantitative estimate of drug-likeness (QED) is 0.462. The van der Waals surface area contributed by atoms with Crippen molar-refractivity contribution in [3.63, 3.8) is 0 Å². The zero-order chi connectivity index (χ0) is 27.6. The van der Waals surface area contributed by atoms with Gasteiger partial charge < -0.3 is 30.5 Å². The number of anilines is 4. The summed E-state index contributed by atoms with van der Waals surface area (Å²) in [6.45, 7) is 5.18. The number of fused-ring (bicyclic) bond motifs is 1. The molecule has 10 nitrogen and oxygen atoms in total. The highest BCUT2D eigenvalue weighted by Crippen LogP contribution is 2.40. The van der Waals surface area contributed by atoms with E-state index >= 15 is 4.39 Å². The van der Waals surface area contributed by atoms with Crippen LogP contribution in [-0.4, -0.2) is 73.3 Å². The van der Waals surface area contributed by atoms with Crippen LogP contribution in [-0.2, 0) is 4.79 Å². The molecule has 0 bridgehead atoms. The lowest BCUT2D eigenvalue weighted by Gasteiger charge is -2.32. The van der Waals surface area contributed by atoms with Crippen molar-refractivity contribution in [1.82, 2.24) is 20.6 Å². The van der Waals surface area contributed by atoms with Gasteiger partial charge >= 0.3 is 0 Å². The normalized spacial score (nSPS) is 23.7. The Kier molecular flexibility index (Phi) is 7.69. The minimum atomic E-state index is -2.24. The van der Waals surface area contributed by atoms with Gasteiger partial charge in [-0.05, 0) is 56.5 Å². The molecule has 2 amide bonds. The van der Waals surface area contributed by atoms with E-state index in [1.165, 1.54) is 25.3 Å². The van der Waals surface area contributed by atoms with E-state index in [2.05, 4.69) is 27.5 Å². The Labute approximate surface area is 228 Å². The van der Waals surface area contributed by atoms with Gasteiger partial charge in [0, 0.05) is 31.2 Å². The molecule has 2 aromatic rings. The molecule has 2 fully saturated rings. The topological polar surface area (TPSA) is 112 Å². The van der Waals surface area contributed by atoms with Gasteiger partial charge in [-0.3, -0.25) is 9.59 Å². The van der Waals surface area contributed by atoms with Crippen molar-refractivity contribution in [3.05, 3.63) is 42.6 Å². The Hall–Kier alpha value is -3.73. The second-order valence-corrected chi connectivity index (χ2v) is 10.5. The SMILES string of the molecule is C=CC1(F)CN(C2CCCC2)c2nc(Nc3ccc(C(=O)NC4CCCNC4)cc3OC)ncc2N(C)C1=O. The molecule has 1 saturated carbocycles. The Morgan fingerprint density at radius 1 is 1.28 bits per heavy atom. The van der Waals surface area contributed by atoms with E-state index in [0.717, 1.165) is 57.7 Å². The number of benzene rings is 1. The second kappa shape index (κ2) is 11.2. The molecule has 5 rings (SSSR count). The van der Waals surface area contributed by atoms with Gasteiger partial charge in [0.25, 0.3) is 11.8 Å². The van der Waals surface area contributed by atoms with Crippen molar-refractivity contribution < 1.29 is 18.7 Å². The van der Waals surface area contributed by atoms with E-state index in [9.17, 15) is 9.59 Å². The number of amides is 2. The van der Waals surface area contributed by atoms with E-state index in [0.29, 0.717) is 28.5 Å². The monoisotopic (exact) mass is 537 g/mol. The summed E-state index contributed by atoms with van der Waals surface area (Å²) in [5.41, 5.74) is -0.735. The number of hydrogen-bond donors (Lipinski definition) is 3. The van der Waals surface area contributed by atoms with Crippen molar-refractivity contribution in [3.8, 4) is 5.75 Å². The average Bonchev–Trinajstić information content (AvgIpc) is 3.48. The van der Waals surface area contributed by atoms with Crippen molar-refractivity contribution in [2.75, 3.05) is 48.9 Å². The molecule has 1 aromatic heterocycles. The number of methoxy groups -OCH3 is 1. The van der Waals surface area contributed by atoms with Crippen molar-refractivity contribution in [2.45, 2.75) is 56.3 Å². The van der Waals surface area contributed by atoms with Gasteiger partial charge in [0.05, 0.1) is 25.5 Å². The van der Waals surface area contributed by atoms with Gasteiger partial charge in [-0.1, -0.05) is 19.4 Å². The molecule has 2 unspecified atom stereocenters. The van der Waals surface area contributed by atoms with Crippen molar-refractivity contribution >= 4 is 35.0 Å². The van der Waals surface area contributed by atoms with Gasteiger partial charge in [0.15, 0.2) is 5.82 Å². The molecule has 208 valence electrons. The number of rotatable bonds is 7. The van der Waals surface area contributed by atoms with Crippen LogP contribution in [0.1, 0.15) is 48.9 Å². The molecule has 2 aliphatic heterocycles. The van der Waals surface area contributed by atoms with Gasteiger partial charge in [-0.25, -0.2) is 9.37 Å². The molecule has 0 radical (unpaired) electrons. The highest BCUT2D eigenvalue weighted by Gasteiger charge is 2.46. The maximum absolute atomic E-state index is 15.8. The largest absolute Gasteiger partial charge is 0.495 e. The summed E-state index contributed by atoms with van der Waals surface area (Å²) in [6, 6.07) is 5.30. The first-order valence-corrected chi connectivity index (χ1v) is 13.5. The fourth-order valence-electron chi connectivity index (χ4n) is 5.62. The number of halogens is 1. The maximum Gasteiger partial charge on any atom is 0.270 e. The molecular weight excluding hydrogens is 501 g/mol. The molecule has 1 aliphatic carbocycles. The van der Waals surface area contributed by atoms with Crippen LogP contribution in [0.5, 0.6) is 5.75 Å². The fraction of sp³-hybridized carbons (Fsp3) is 0.500. The van der Waals surface area contributed by atoms with Gasteiger partial charge in [-0.15, -0.1) is 0 Å². The number of hydrogen-bond acceptors (Lipinski definition) is 8. The summed E-state index contributed by atoms with van der Waals surface area (Å²) in [5.74, 6) is 0.367. The van der Waals surface area contributed by atoms with Gasteiger partial charge in [0.2, 0.25) is 11.6 Å².